The third-order valence-electron chi connectivity index (χ3n) is 5.19. The van der Waals surface area contributed by atoms with Crippen LogP contribution in [-0.4, -0.2) is 30.8 Å². The van der Waals surface area contributed by atoms with Gasteiger partial charge in [0.25, 0.3) is 11.9 Å². The summed E-state index contributed by atoms with van der Waals surface area (Å²) < 4.78 is 1.26. The highest BCUT2D eigenvalue weighted by Crippen LogP contribution is 2.40. The van der Waals surface area contributed by atoms with Crippen LogP contribution in [0.3, 0.4) is 0 Å². The SMILES string of the molecule is N#Cc1cnn(-c2ncccn2)c1/N=N/c1c(O)c(C(=O)Nc2ccc(Cl)cc2)cc2ccccc12. The number of nitrogens with zero attached hydrogens (tertiary/aromatic N) is 7. The predicted octanol–water partition coefficient (Wildman–Crippen LogP) is 5.71. The monoisotopic (exact) mass is 494 g/mol. The number of aromatic nitrogens is 4. The number of carbonyl (C=O) groups excluding carboxylic acids is 1. The number of rotatable bonds is 5. The Hall–Kier alpha value is -5.14. The second-order valence-electron chi connectivity index (χ2n) is 7.46. The molecule has 10 nitrogen and oxygen atoms in total. The molecule has 0 spiro atoms. The van der Waals surface area contributed by atoms with Crippen molar-refractivity contribution < 1.29 is 9.90 Å². The van der Waals surface area contributed by atoms with Gasteiger partial charge in [-0.25, -0.2) is 9.97 Å². The predicted molar refractivity (Wildman–Crippen MR) is 133 cm³/mol. The van der Waals surface area contributed by atoms with E-state index in [0.29, 0.717) is 21.5 Å². The largest absolute Gasteiger partial charge is 0.505 e. The first-order chi connectivity index (χ1) is 17.5. The summed E-state index contributed by atoms with van der Waals surface area (Å²) >= 11 is 5.92. The maximum atomic E-state index is 13.0. The molecular weight excluding hydrogens is 480 g/mol. The topological polar surface area (TPSA) is 141 Å². The summed E-state index contributed by atoms with van der Waals surface area (Å²) in [6, 6.07) is 18.9. The summed E-state index contributed by atoms with van der Waals surface area (Å²) in [7, 11) is 0. The number of hydrogen-bond acceptors (Lipinski definition) is 8. The lowest BCUT2D eigenvalue weighted by Gasteiger charge is -2.11. The van der Waals surface area contributed by atoms with Gasteiger partial charge in [0, 0.05) is 28.5 Å². The number of carbonyl (C=O) groups is 1. The van der Waals surface area contributed by atoms with E-state index in [1.807, 2.05) is 6.07 Å². The fourth-order valence-corrected chi connectivity index (χ4v) is 3.61. The molecule has 0 saturated heterocycles. The molecule has 2 aromatic heterocycles. The number of phenolic OH excluding ortho intramolecular Hbond substituents is 1. The van der Waals surface area contributed by atoms with Gasteiger partial charge in [0.2, 0.25) is 0 Å². The van der Waals surface area contributed by atoms with E-state index in [4.69, 9.17) is 11.6 Å². The number of benzene rings is 3. The van der Waals surface area contributed by atoms with Crippen molar-refractivity contribution >= 4 is 45.5 Å². The molecule has 2 heterocycles. The number of amides is 1. The average molecular weight is 495 g/mol. The van der Waals surface area contributed by atoms with E-state index in [-0.39, 0.29) is 34.3 Å². The summed E-state index contributed by atoms with van der Waals surface area (Å²) in [5.74, 6) is -0.650. The second-order valence-corrected chi connectivity index (χ2v) is 7.89. The number of nitrogens with one attached hydrogen (secondary N) is 1. The fraction of sp³-hybridized carbons (Fsp3) is 0. The minimum Gasteiger partial charge on any atom is -0.505 e. The van der Waals surface area contributed by atoms with Crippen LogP contribution in [0.4, 0.5) is 17.2 Å². The van der Waals surface area contributed by atoms with Gasteiger partial charge in [-0.05, 0) is 41.8 Å². The van der Waals surface area contributed by atoms with Crippen molar-refractivity contribution in [2.45, 2.75) is 0 Å². The van der Waals surface area contributed by atoms with Crippen molar-refractivity contribution in [3.05, 3.63) is 95.4 Å². The minimum atomic E-state index is -0.544. The lowest BCUT2D eigenvalue weighted by atomic mass is 10.0. The standard InChI is InChI=1S/C25H15ClN8O2/c26-17-6-8-18(9-7-17)31-24(36)20-12-15-4-1-2-5-19(15)21(22(20)35)32-33-23-16(13-27)14-30-34(23)25-28-10-3-11-29-25/h1-12,14,35H,(H,31,36)/b33-32+. The molecule has 0 bridgehead atoms. The van der Waals surface area contributed by atoms with Crippen LogP contribution in [0.2, 0.25) is 5.02 Å². The quantitative estimate of drug-likeness (QED) is 0.299. The molecule has 3 aromatic carbocycles. The Morgan fingerprint density at radius 1 is 1.06 bits per heavy atom. The Morgan fingerprint density at radius 2 is 1.81 bits per heavy atom. The molecule has 36 heavy (non-hydrogen) atoms. The van der Waals surface area contributed by atoms with E-state index >= 15 is 0 Å². The molecule has 0 saturated carbocycles. The summed E-state index contributed by atoms with van der Waals surface area (Å²) in [5.41, 5.74) is 0.690. The molecule has 0 aliphatic heterocycles. The van der Waals surface area contributed by atoms with Gasteiger partial charge < -0.3 is 10.4 Å². The van der Waals surface area contributed by atoms with E-state index in [9.17, 15) is 15.2 Å². The molecule has 5 aromatic rings. The first-order valence-electron chi connectivity index (χ1n) is 10.5. The second kappa shape index (κ2) is 9.61. The van der Waals surface area contributed by atoms with Gasteiger partial charge in [0.15, 0.2) is 11.6 Å². The normalized spacial score (nSPS) is 11.0. The summed E-state index contributed by atoms with van der Waals surface area (Å²) in [6.45, 7) is 0. The van der Waals surface area contributed by atoms with Gasteiger partial charge in [-0.1, -0.05) is 35.9 Å². The Kier molecular flexibility index (Phi) is 6.05. The smallest absolute Gasteiger partial charge is 0.259 e. The van der Waals surface area contributed by atoms with Crippen molar-refractivity contribution in [2.75, 3.05) is 5.32 Å². The van der Waals surface area contributed by atoms with Crippen LogP contribution in [-0.2, 0) is 0 Å². The molecule has 0 unspecified atom stereocenters. The van der Waals surface area contributed by atoms with E-state index in [2.05, 4.69) is 30.6 Å². The molecule has 0 radical (unpaired) electrons. The van der Waals surface area contributed by atoms with Crippen molar-refractivity contribution in [3.8, 4) is 17.8 Å². The number of halogens is 1. The van der Waals surface area contributed by atoms with E-state index < -0.39 is 5.91 Å². The van der Waals surface area contributed by atoms with Gasteiger partial charge in [-0.15, -0.1) is 10.2 Å². The summed E-state index contributed by atoms with van der Waals surface area (Å²) in [4.78, 5) is 21.3. The van der Waals surface area contributed by atoms with Gasteiger partial charge in [-0.2, -0.15) is 15.0 Å². The molecule has 0 fully saturated rings. The summed E-state index contributed by atoms with van der Waals surface area (Å²) in [5, 5.41) is 37.7. The fourth-order valence-electron chi connectivity index (χ4n) is 3.48. The number of anilines is 1. The van der Waals surface area contributed by atoms with Crippen molar-refractivity contribution in [1.82, 2.24) is 19.7 Å². The molecule has 0 atom stereocenters. The summed E-state index contributed by atoms with van der Waals surface area (Å²) in [6.07, 6.45) is 4.37. The zero-order chi connectivity index (χ0) is 25.1. The third kappa shape index (κ3) is 4.34. The van der Waals surface area contributed by atoms with Gasteiger partial charge in [0.1, 0.15) is 17.3 Å². The zero-order valence-electron chi connectivity index (χ0n) is 18.4. The van der Waals surface area contributed by atoms with Crippen LogP contribution >= 0.6 is 11.6 Å². The number of aromatic hydroxyl groups is 1. The van der Waals surface area contributed by atoms with Crippen LogP contribution in [0.1, 0.15) is 15.9 Å². The highest BCUT2D eigenvalue weighted by molar-refractivity contribution is 6.30. The Bertz CT molecular complexity index is 1660. The number of hydrogen-bond donors (Lipinski definition) is 2. The number of azo groups is 1. The molecular formula is C25H15ClN8O2. The molecule has 1 amide bonds. The maximum Gasteiger partial charge on any atom is 0.259 e. The molecule has 174 valence electrons. The number of phenols is 1. The highest BCUT2D eigenvalue weighted by atomic mass is 35.5. The molecule has 5 rings (SSSR count). The third-order valence-corrected chi connectivity index (χ3v) is 5.44. The van der Waals surface area contributed by atoms with Crippen molar-refractivity contribution in [2.24, 2.45) is 10.2 Å². The van der Waals surface area contributed by atoms with Gasteiger partial charge >= 0.3 is 0 Å². The van der Waals surface area contributed by atoms with Crippen molar-refractivity contribution in [1.29, 1.82) is 5.26 Å². The number of nitriles is 1. The van der Waals surface area contributed by atoms with Crippen LogP contribution < -0.4 is 5.32 Å². The lowest BCUT2D eigenvalue weighted by molar-refractivity contribution is 0.102. The van der Waals surface area contributed by atoms with Crippen LogP contribution in [0.25, 0.3) is 16.7 Å². The lowest BCUT2D eigenvalue weighted by Crippen LogP contribution is -2.12. The Morgan fingerprint density at radius 3 is 2.56 bits per heavy atom. The van der Waals surface area contributed by atoms with Gasteiger partial charge in [0.05, 0.1) is 11.8 Å². The van der Waals surface area contributed by atoms with Gasteiger partial charge in [-0.3, -0.25) is 4.79 Å². The molecule has 2 N–H and O–H groups in total. The van der Waals surface area contributed by atoms with E-state index in [0.717, 1.165) is 0 Å². The first-order valence-corrected chi connectivity index (χ1v) is 10.9. The molecule has 0 aliphatic rings. The van der Waals surface area contributed by atoms with E-state index in [1.165, 1.54) is 23.3 Å². The average Bonchev–Trinajstić information content (AvgIpc) is 3.32. The highest BCUT2D eigenvalue weighted by Gasteiger charge is 2.20. The van der Waals surface area contributed by atoms with Crippen LogP contribution in [0.15, 0.2) is 89.5 Å². The number of fused-ring (bicyclic) bond motifs is 1. The van der Waals surface area contributed by atoms with Crippen LogP contribution in [0.5, 0.6) is 5.75 Å². The Labute approximate surface area is 209 Å². The zero-order valence-corrected chi connectivity index (χ0v) is 19.1. The molecule has 0 aliphatic carbocycles. The van der Waals surface area contributed by atoms with Crippen LogP contribution in [0, 0.1) is 11.3 Å². The van der Waals surface area contributed by atoms with Crippen molar-refractivity contribution in [3.63, 3.8) is 0 Å². The van der Waals surface area contributed by atoms with E-state index in [1.54, 1.807) is 60.7 Å². The molecule has 11 heteroatoms. The first kappa shape index (κ1) is 22.6. The maximum absolute atomic E-state index is 13.0. The Balaban J connectivity index is 1.60. The minimum absolute atomic E-state index is 0.00185.